The molecule has 3 rings (SSSR count). The maximum absolute atomic E-state index is 13.3. The van der Waals surface area contributed by atoms with Crippen molar-refractivity contribution in [1.29, 1.82) is 0 Å². The number of rotatable bonds is 3. The SMILES string of the molecule is Cc1cc(CNC2CC3CCC2(C)C3(C)C)ccc1F. The van der Waals surface area contributed by atoms with Gasteiger partial charge in [0.15, 0.2) is 0 Å². The van der Waals surface area contributed by atoms with Gasteiger partial charge in [0.05, 0.1) is 0 Å². The first-order valence-corrected chi connectivity index (χ1v) is 7.83. The summed E-state index contributed by atoms with van der Waals surface area (Å²) < 4.78 is 13.3. The van der Waals surface area contributed by atoms with E-state index >= 15 is 0 Å². The molecule has 2 heteroatoms. The maximum Gasteiger partial charge on any atom is 0.126 e. The summed E-state index contributed by atoms with van der Waals surface area (Å²) in [5.74, 6) is 0.752. The first kappa shape index (κ1) is 14.1. The predicted molar refractivity (Wildman–Crippen MR) is 81.0 cm³/mol. The summed E-state index contributed by atoms with van der Waals surface area (Å²) in [4.78, 5) is 0. The van der Waals surface area contributed by atoms with Crippen LogP contribution in [0, 0.1) is 29.5 Å². The van der Waals surface area contributed by atoms with E-state index in [4.69, 9.17) is 0 Å². The van der Waals surface area contributed by atoms with E-state index in [9.17, 15) is 4.39 Å². The van der Waals surface area contributed by atoms with E-state index in [0.29, 0.717) is 16.9 Å². The van der Waals surface area contributed by atoms with Gasteiger partial charge in [0, 0.05) is 12.6 Å². The van der Waals surface area contributed by atoms with Crippen molar-refractivity contribution in [3.05, 3.63) is 35.1 Å². The van der Waals surface area contributed by atoms with Crippen LogP contribution in [0.3, 0.4) is 0 Å². The molecule has 0 spiro atoms. The van der Waals surface area contributed by atoms with Crippen molar-refractivity contribution in [1.82, 2.24) is 5.32 Å². The van der Waals surface area contributed by atoms with Crippen molar-refractivity contribution in [3.63, 3.8) is 0 Å². The first-order chi connectivity index (χ1) is 9.34. The Morgan fingerprint density at radius 3 is 2.60 bits per heavy atom. The van der Waals surface area contributed by atoms with Gasteiger partial charge in [0.1, 0.15) is 5.82 Å². The lowest BCUT2D eigenvalue weighted by atomic mass is 9.69. The van der Waals surface area contributed by atoms with Crippen LogP contribution in [0.5, 0.6) is 0 Å². The van der Waals surface area contributed by atoms with Crippen molar-refractivity contribution in [2.45, 2.75) is 59.5 Å². The summed E-state index contributed by atoms with van der Waals surface area (Å²) >= 11 is 0. The smallest absolute Gasteiger partial charge is 0.126 e. The highest BCUT2D eigenvalue weighted by Gasteiger charge is 2.60. The minimum absolute atomic E-state index is 0.109. The molecule has 3 unspecified atom stereocenters. The monoisotopic (exact) mass is 275 g/mol. The highest BCUT2D eigenvalue weighted by atomic mass is 19.1. The normalized spacial score (nSPS) is 34.6. The summed E-state index contributed by atoms with van der Waals surface area (Å²) in [6.07, 6.45) is 4.02. The van der Waals surface area contributed by atoms with Crippen molar-refractivity contribution >= 4 is 0 Å². The molecular formula is C18H26FN. The lowest BCUT2D eigenvalue weighted by molar-refractivity contribution is 0.120. The highest BCUT2D eigenvalue weighted by molar-refractivity contribution is 5.24. The third-order valence-corrected chi connectivity index (χ3v) is 6.57. The molecule has 110 valence electrons. The second-order valence-corrected chi connectivity index (χ2v) is 7.63. The molecular weight excluding hydrogens is 249 g/mol. The predicted octanol–water partition coefficient (Wildman–Crippen LogP) is 4.44. The number of hydrogen-bond acceptors (Lipinski definition) is 1. The summed E-state index contributed by atoms with van der Waals surface area (Å²) in [6, 6.07) is 6.04. The number of halogens is 1. The van der Waals surface area contributed by atoms with Crippen molar-refractivity contribution in [2.24, 2.45) is 16.7 Å². The lowest BCUT2D eigenvalue weighted by Crippen LogP contribution is -2.44. The van der Waals surface area contributed by atoms with Crippen LogP contribution in [-0.4, -0.2) is 6.04 Å². The van der Waals surface area contributed by atoms with Crippen LogP contribution in [0.15, 0.2) is 18.2 Å². The van der Waals surface area contributed by atoms with Crippen LogP contribution in [-0.2, 0) is 6.54 Å². The van der Waals surface area contributed by atoms with Crippen molar-refractivity contribution in [2.75, 3.05) is 0 Å². The van der Waals surface area contributed by atoms with E-state index in [2.05, 4.69) is 26.1 Å². The molecule has 2 aliphatic rings. The molecule has 20 heavy (non-hydrogen) atoms. The number of aryl methyl sites for hydroxylation is 1. The second kappa shape index (κ2) is 4.56. The van der Waals surface area contributed by atoms with Crippen LogP contribution in [0.2, 0.25) is 0 Å². The molecule has 1 aromatic carbocycles. The van der Waals surface area contributed by atoms with Gasteiger partial charge in [-0.2, -0.15) is 0 Å². The van der Waals surface area contributed by atoms with E-state index < -0.39 is 0 Å². The Labute approximate surface area is 122 Å². The highest BCUT2D eigenvalue weighted by Crippen LogP contribution is 2.65. The Kier molecular flexibility index (Phi) is 3.20. The topological polar surface area (TPSA) is 12.0 Å². The lowest BCUT2D eigenvalue weighted by Gasteiger charge is -2.39. The molecule has 0 amide bonds. The van der Waals surface area contributed by atoms with E-state index in [1.807, 2.05) is 19.1 Å². The van der Waals surface area contributed by atoms with Gasteiger partial charge in [-0.1, -0.05) is 32.9 Å². The Hall–Kier alpha value is -0.890. The summed E-state index contributed by atoms with van der Waals surface area (Å²) in [5, 5.41) is 3.75. The average molecular weight is 275 g/mol. The van der Waals surface area contributed by atoms with Gasteiger partial charge >= 0.3 is 0 Å². The number of benzene rings is 1. The van der Waals surface area contributed by atoms with Crippen LogP contribution >= 0.6 is 0 Å². The molecule has 1 aromatic rings. The van der Waals surface area contributed by atoms with Gasteiger partial charge in [-0.15, -0.1) is 0 Å². The van der Waals surface area contributed by atoms with Gasteiger partial charge in [-0.3, -0.25) is 0 Å². The molecule has 2 saturated carbocycles. The zero-order valence-electron chi connectivity index (χ0n) is 13.1. The fourth-order valence-corrected chi connectivity index (χ4v) is 4.57. The zero-order chi connectivity index (χ0) is 14.5. The molecule has 3 atom stereocenters. The van der Waals surface area contributed by atoms with E-state index in [1.54, 1.807) is 6.07 Å². The van der Waals surface area contributed by atoms with Gasteiger partial charge in [0.2, 0.25) is 0 Å². The van der Waals surface area contributed by atoms with Crippen LogP contribution in [0.1, 0.15) is 51.2 Å². The fourth-order valence-electron chi connectivity index (χ4n) is 4.57. The van der Waals surface area contributed by atoms with Crippen molar-refractivity contribution in [3.8, 4) is 0 Å². The van der Waals surface area contributed by atoms with Crippen LogP contribution < -0.4 is 5.32 Å². The van der Waals surface area contributed by atoms with Crippen LogP contribution in [0.25, 0.3) is 0 Å². The third-order valence-electron chi connectivity index (χ3n) is 6.57. The Morgan fingerprint density at radius 2 is 2.05 bits per heavy atom. The molecule has 1 nitrogen and oxygen atoms in total. The molecule has 0 heterocycles. The minimum Gasteiger partial charge on any atom is -0.309 e. The fraction of sp³-hybridized carbons (Fsp3) is 0.667. The maximum atomic E-state index is 13.3. The summed E-state index contributed by atoms with van der Waals surface area (Å²) in [5.41, 5.74) is 2.78. The van der Waals surface area contributed by atoms with Gasteiger partial charge < -0.3 is 5.32 Å². The minimum atomic E-state index is -0.109. The Balaban J connectivity index is 1.69. The van der Waals surface area contributed by atoms with E-state index in [0.717, 1.165) is 18.0 Å². The third kappa shape index (κ3) is 1.92. The zero-order valence-corrected chi connectivity index (χ0v) is 13.1. The molecule has 2 fully saturated rings. The molecule has 0 radical (unpaired) electrons. The number of hydrogen-bond donors (Lipinski definition) is 1. The van der Waals surface area contributed by atoms with Crippen LogP contribution in [0.4, 0.5) is 4.39 Å². The number of fused-ring (bicyclic) bond motifs is 2. The average Bonchev–Trinajstić information content (AvgIpc) is 2.73. The molecule has 0 aromatic heterocycles. The summed E-state index contributed by atoms with van der Waals surface area (Å²) in [7, 11) is 0. The Morgan fingerprint density at radius 1 is 1.30 bits per heavy atom. The quantitative estimate of drug-likeness (QED) is 0.860. The molecule has 2 aliphatic carbocycles. The van der Waals surface area contributed by atoms with Gasteiger partial charge in [-0.25, -0.2) is 4.39 Å². The molecule has 0 saturated heterocycles. The second-order valence-electron chi connectivity index (χ2n) is 7.63. The van der Waals surface area contributed by atoms with Gasteiger partial charge in [-0.05, 0) is 60.1 Å². The number of nitrogens with one attached hydrogen (secondary N) is 1. The standard InChI is InChI=1S/C18H26FN/c1-12-9-13(5-6-15(12)19)11-20-16-10-14-7-8-18(16,4)17(14,2)3/h5-6,9,14,16,20H,7-8,10-11H2,1-4H3. The van der Waals surface area contributed by atoms with Crippen molar-refractivity contribution < 1.29 is 4.39 Å². The molecule has 1 N–H and O–H groups in total. The van der Waals surface area contributed by atoms with Gasteiger partial charge in [0.25, 0.3) is 0 Å². The first-order valence-electron chi connectivity index (χ1n) is 7.83. The summed E-state index contributed by atoms with van der Waals surface area (Å²) in [6.45, 7) is 10.0. The van der Waals surface area contributed by atoms with E-state index in [-0.39, 0.29) is 5.82 Å². The van der Waals surface area contributed by atoms with E-state index in [1.165, 1.54) is 24.8 Å². The molecule has 0 aliphatic heterocycles. The Bertz CT molecular complexity index is 522. The molecule has 2 bridgehead atoms. The largest absolute Gasteiger partial charge is 0.309 e.